The number of carbonyl (C=O) groups is 2. The highest BCUT2D eigenvalue weighted by Gasteiger charge is 2.26. The number of urea groups is 1. The van der Waals surface area contributed by atoms with Crippen LogP contribution in [0.15, 0.2) is 0 Å². The number of nitrogens with zero attached hydrogens (tertiary/aromatic N) is 1. The van der Waals surface area contributed by atoms with E-state index in [2.05, 4.69) is 10.6 Å². The van der Waals surface area contributed by atoms with Gasteiger partial charge in [0.25, 0.3) is 0 Å². The van der Waals surface area contributed by atoms with Crippen LogP contribution in [0.3, 0.4) is 0 Å². The summed E-state index contributed by atoms with van der Waals surface area (Å²) in [7, 11) is 0. The summed E-state index contributed by atoms with van der Waals surface area (Å²) in [5.41, 5.74) is -0.212. The third-order valence-electron chi connectivity index (χ3n) is 3.38. The van der Waals surface area contributed by atoms with Gasteiger partial charge in [0.05, 0.1) is 0 Å². The predicted octanol–water partition coefficient (Wildman–Crippen LogP) is 1.98. The summed E-state index contributed by atoms with van der Waals surface area (Å²) < 4.78 is 0. The molecule has 0 aromatic carbocycles. The molecule has 5 heteroatoms. The largest absolute Gasteiger partial charge is 0.356 e. The van der Waals surface area contributed by atoms with Crippen molar-refractivity contribution in [2.75, 3.05) is 19.6 Å². The molecule has 0 spiro atoms. The molecule has 5 nitrogen and oxygen atoms in total. The van der Waals surface area contributed by atoms with Gasteiger partial charge in [0.1, 0.15) is 0 Å². The molecule has 0 unspecified atom stereocenters. The molecule has 0 aliphatic carbocycles. The van der Waals surface area contributed by atoms with Gasteiger partial charge in [-0.15, -0.1) is 0 Å². The Morgan fingerprint density at radius 2 is 1.95 bits per heavy atom. The van der Waals surface area contributed by atoms with E-state index in [1.54, 1.807) is 0 Å². The van der Waals surface area contributed by atoms with E-state index in [-0.39, 0.29) is 23.4 Å². The number of piperidine rings is 1. The lowest BCUT2D eigenvalue weighted by molar-refractivity contribution is -0.124. The molecule has 1 aliphatic rings. The summed E-state index contributed by atoms with van der Waals surface area (Å²) in [6.45, 7) is 11.9. The molecule has 0 radical (unpaired) electrons. The Kier molecular flexibility index (Phi) is 5.84. The van der Waals surface area contributed by atoms with Gasteiger partial charge < -0.3 is 15.5 Å². The molecule has 0 aromatic heterocycles. The van der Waals surface area contributed by atoms with Crippen LogP contribution >= 0.6 is 0 Å². The van der Waals surface area contributed by atoms with Crippen LogP contribution < -0.4 is 10.6 Å². The number of likely N-dealkylation sites (tertiary alicyclic amines) is 1. The van der Waals surface area contributed by atoms with Crippen molar-refractivity contribution in [1.29, 1.82) is 0 Å². The van der Waals surface area contributed by atoms with Crippen LogP contribution in [0.5, 0.6) is 0 Å². The van der Waals surface area contributed by atoms with Crippen LogP contribution in [0.25, 0.3) is 0 Å². The summed E-state index contributed by atoms with van der Waals surface area (Å²) in [4.78, 5) is 25.6. The van der Waals surface area contributed by atoms with Gasteiger partial charge in [0.15, 0.2) is 0 Å². The van der Waals surface area contributed by atoms with Crippen LogP contribution in [0, 0.1) is 11.8 Å². The fraction of sp³-hybridized carbons (Fsp3) is 0.867. The lowest BCUT2D eigenvalue weighted by atomic mass is 9.98. The molecule has 116 valence electrons. The zero-order valence-corrected chi connectivity index (χ0v) is 13.5. The molecule has 0 saturated carbocycles. The zero-order chi connectivity index (χ0) is 15.3. The fourth-order valence-corrected chi connectivity index (χ4v) is 2.27. The number of amides is 3. The van der Waals surface area contributed by atoms with Crippen LogP contribution in [0.4, 0.5) is 4.79 Å². The number of nitrogens with one attached hydrogen (secondary N) is 2. The summed E-state index contributed by atoms with van der Waals surface area (Å²) in [5, 5.41) is 5.95. The first kappa shape index (κ1) is 16.8. The molecule has 1 heterocycles. The second-order valence-electron chi connectivity index (χ2n) is 7.03. The van der Waals surface area contributed by atoms with Gasteiger partial charge in [-0.1, -0.05) is 13.8 Å². The zero-order valence-electron chi connectivity index (χ0n) is 13.5. The smallest absolute Gasteiger partial charge is 0.317 e. The second-order valence-corrected chi connectivity index (χ2v) is 7.03. The number of carbonyl (C=O) groups excluding carboxylic acids is 2. The van der Waals surface area contributed by atoms with Crippen molar-refractivity contribution in [3.8, 4) is 0 Å². The average molecular weight is 283 g/mol. The van der Waals surface area contributed by atoms with E-state index in [0.717, 1.165) is 25.9 Å². The third kappa shape index (κ3) is 5.80. The Morgan fingerprint density at radius 3 is 2.50 bits per heavy atom. The number of hydrogen-bond donors (Lipinski definition) is 2. The molecule has 2 N–H and O–H groups in total. The van der Waals surface area contributed by atoms with E-state index in [1.165, 1.54) is 0 Å². The highest BCUT2D eigenvalue weighted by atomic mass is 16.2. The molecule has 1 rings (SSSR count). The first-order chi connectivity index (χ1) is 9.19. The van der Waals surface area contributed by atoms with E-state index in [9.17, 15) is 9.59 Å². The van der Waals surface area contributed by atoms with E-state index in [0.29, 0.717) is 12.5 Å². The normalized spacial score (nSPS) is 19.9. The molecule has 1 atom stereocenters. The van der Waals surface area contributed by atoms with Gasteiger partial charge in [-0.05, 0) is 39.5 Å². The Labute approximate surface area is 122 Å². The number of rotatable bonds is 3. The first-order valence-corrected chi connectivity index (χ1v) is 7.54. The van der Waals surface area contributed by atoms with E-state index >= 15 is 0 Å². The van der Waals surface area contributed by atoms with Gasteiger partial charge in [-0.2, -0.15) is 0 Å². The van der Waals surface area contributed by atoms with Crippen molar-refractivity contribution in [1.82, 2.24) is 15.5 Å². The molecule has 1 saturated heterocycles. The van der Waals surface area contributed by atoms with E-state index in [1.807, 2.05) is 39.5 Å². The Bertz CT molecular complexity index is 348. The molecule has 0 bridgehead atoms. The van der Waals surface area contributed by atoms with Crippen molar-refractivity contribution < 1.29 is 9.59 Å². The van der Waals surface area contributed by atoms with Gasteiger partial charge in [0.2, 0.25) is 5.91 Å². The van der Waals surface area contributed by atoms with Gasteiger partial charge in [0, 0.05) is 31.1 Å². The molecule has 3 amide bonds. The maximum absolute atomic E-state index is 12.1. The van der Waals surface area contributed by atoms with Crippen LogP contribution in [-0.4, -0.2) is 42.0 Å². The van der Waals surface area contributed by atoms with E-state index in [4.69, 9.17) is 0 Å². The molecular weight excluding hydrogens is 254 g/mol. The maximum atomic E-state index is 12.1. The van der Waals surface area contributed by atoms with Crippen molar-refractivity contribution in [3.63, 3.8) is 0 Å². The quantitative estimate of drug-likeness (QED) is 0.832. The standard InChI is InChI=1S/C15H29N3O2/c1-11(2)13(19)16-9-12-7-6-8-18(10-12)14(20)17-15(3,4)5/h11-12H,6-10H2,1-5H3,(H,16,19)(H,17,20)/t12-/m0/s1. The highest BCUT2D eigenvalue weighted by molar-refractivity contribution is 5.77. The van der Waals surface area contributed by atoms with Gasteiger partial charge >= 0.3 is 6.03 Å². The first-order valence-electron chi connectivity index (χ1n) is 7.54. The topological polar surface area (TPSA) is 61.4 Å². The van der Waals surface area contributed by atoms with Crippen LogP contribution in [0.1, 0.15) is 47.5 Å². The van der Waals surface area contributed by atoms with Crippen molar-refractivity contribution in [2.24, 2.45) is 11.8 Å². The Hall–Kier alpha value is -1.26. The minimum atomic E-state index is -0.212. The van der Waals surface area contributed by atoms with Crippen LogP contribution in [-0.2, 0) is 4.79 Å². The van der Waals surface area contributed by atoms with Crippen molar-refractivity contribution >= 4 is 11.9 Å². The summed E-state index contributed by atoms with van der Waals surface area (Å²) in [5.74, 6) is 0.456. The predicted molar refractivity (Wildman–Crippen MR) is 80.4 cm³/mol. The Morgan fingerprint density at radius 1 is 1.30 bits per heavy atom. The highest BCUT2D eigenvalue weighted by Crippen LogP contribution is 2.16. The molecule has 1 aliphatic heterocycles. The summed E-state index contributed by atoms with van der Waals surface area (Å²) in [6, 6.07) is -0.00242. The maximum Gasteiger partial charge on any atom is 0.317 e. The second kappa shape index (κ2) is 6.95. The number of hydrogen-bond acceptors (Lipinski definition) is 2. The third-order valence-corrected chi connectivity index (χ3v) is 3.38. The SMILES string of the molecule is CC(C)C(=O)NC[C@@H]1CCCN(C(=O)NC(C)(C)C)C1. The monoisotopic (exact) mass is 283 g/mol. The Balaban J connectivity index is 2.42. The molecular formula is C15H29N3O2. The molecule has 0 aromatic rings. The lowest BCUT2D eigenvalue weighted by Gasteiger charge is -2.35. The fourth-order valence-electron chi connectivity index (χ4n) is 2.27. The minimum Gasteiger partial charge on any atom is -0.356 e. The summed E-state index contributed by atoms with van der Waals surface area (Å²) >= 11 is 0. The van der Waals surface area contributed by atoms with Crippen molar-refractivity contribution in [2.45, 2.75) is 53.0 Å². The van der Waals surface area contributed by atoms with Gasteiger partial charge in [-0.25, -0.2) is 4.79 Å². The average Bonchev–Trinajstić information content (AvgIpc) is 2.34. The van der Waals surface area contributed by atoms with Crippen molar-refractivity contribution in [3.05, 3.63) is 0 Å². The minimum absolute atomic E-state index is 0.00242. The molecule has 1 fully saturated rings. The van der Waals surface area contributed by atoms with Crippen LogP contribution in [0.2, 0.25) is 0 Å². The molecule has 20 heavy (non-hydrogen) atoms. The van der Waals surface area contributed by atoms with Gasteiger partial charge in [-0.3, -0.25) is 4.79 Å². The lowest BCUT2D eigenvalue weighted by Crippen LogP contribution is -2.52. The summed E-state index contributed by atoms with van der Waals surface area (Å²) in [6.07, 6.45) is 2.07. The van der Waals surface area contributed by atoms with E-state index < -0.39 is 0 Å².